The molecule has 1 aliphatic carbocycles. The van der Waals surface area contributed by atoms with Crippen LogP contribution in [0, 0.1) is 11.8 Å². The number of nitrogens with one attached hydrogen (secondary N) is 3. The average molecular weight is 817 g/mol. The van der Waals surface area contributed by atoms with Crippen molar-refractivity contribution in [1.29, 1.82) is 0 Å². The first kappa shape index (κ1) is 40.5. The molecule has 1 unspecified atom stereocenters. The minimum absolute atomic E-state index is 0.0830. The highest BCUT2D eigenvalue weighted by atomic mass is 16.5. The van der Waals surface area contributed by atoms with Crippen molar-refractivity contribution in [2.75, 3.05) is 27.2 Å². The van der Waals surface area contributed by atoms with Crippen LogP contribution in [0.2, 0.25) is 0 Å². The van der Waals surface area contributed by atoms with Gasteiger partial charge in [-0.15, -0.1) is 0 Å². The minimum Gasteiger partial charge on any atom is -0.465 e. The van der Waals surface area contributed by atoms with Crippen LogP contribution in [-0.2, 0) is 14.3 Å². The van der Waals surface area contributed by atoms with Gasteiger partial charge in [0.1, 0.15) is 23.7 Å². The molecule has 0 bridgehead atoms. The summed E-state index contributed by atoms with van der Waals surface area (Å²) >= 11 is 0. The van der Waals surface area contributed by atoms with E-state index in [4.69, 9.17) is 19.7 Å². The maximum atomic E-state index is 13.9. The fourth-order valence-electron chi connectivity index (χ4n) is 9.30. The van der Waals surface area contributed by atoms with Crippen molar-refractivity contribution < 1.29 is 29.0 Å². The molecule has 8 rings (SSSR count). The van der Waals surface area contributed by atoms with Crippen molar-refractivity contribution >= 4 is 35.0 Å². The molecule has 314 valence electrons. The number of likely N-dealkylation sites (tertiary alicyclic amines) is 2. The Kier molecular flexibility index (Phi) is 11.5. The van der Waals surface area contributed by atoms with Gasteiger partial charge in [-0.25, -0.2) is 24.5 Å². The molecule has 3 aromatic heterocycles. The van der Waals surface area contributed by atoms with E-state index in [1.165, 1.54) is 14.2 Å². The molecular formula is C44H52N10O6. The number of aromatic nitrogens is 6. The molecule has 0 radical (unpaired) electrons. The Balaban J connectivity index is 0.941. The van der Waals surface area contributed by atoms with Crippen LogP contribution in [0.4, 0.5) is 9.59 Å². The van der Waals surface area contributed by atoms with Crippen LogP contribution >= 0.6 is 0 Å². The van der Waals surface area contributed by atoms with Crippen molar-refractivity contribution in [1.82, 2.24) is 49.9 Å². The van der Waals surface area contributed by atoms with Crippen LogP contribution in [0.5, 0.6) is 0 Å². The maximum Gasteiger partial charge on any atom is 0.407 e. The number of fused-ring (bicyclic) bond motifs is 1. The molecule has 2 aliphatic heterocycles. The number of hydrogen-bond donors (Lipinski definition) is 4. The summed E-state index contributed by atoms with van der Waals surface area (Å²) < 4.78 is 4.86. The van der Waals surface area contributed by atoms with Gasteiger partial charge in [0.25, 0.3) is 0 Å². The number of alkyl carbamates (subject to hydrolysis) is 1. The van der Waals surface area contributed by atoms with E-state index in [1.807, 2.05) is 61.2 Å². The van der Waals surface area contributed by atoms with Crippen molar-refractivity contribution in [2.45, 2.75) is 89.4 Å². The van der Waals surface area contributed by atoms with E-state index >= 15 is 0 Å². The fraction of sp³-hybridized carbons (Fsp3) is 0.455. The number of methoxy groups -OCH3 is 1. The zero-order chi connectivity index (χ0) is 42.1. The number of imidazole rings is 2. The Morgan fingerprint density at radius 3 is 1.95 bits per heavy atom. The van der Waals surface area contributed by atoms with Crippen molar-refractivity contribution in [3.63, 3.8) is 0 Å². The molecule has 5 aromatic rings. The first-order valence-electron chi connectivity index (χ1n) is 20.9. The number of H-pyrrole nitrogens is 2. The summed E-state index contributed by atoms with van der Waals surface area (Å²) in [7, 11) is 2.76. The first-order valence-corrected chi connectivity index (χ1v) is 20.9. The summed E-state index contributed by atoms with van der Waals surface area (Å²) in [5.74, 6) is 1.02. The van der Waals surface area contributed by atoms with Crippen molar-refractivity contribution in [2.24, 2.45) is 11.8 Å². The number of ether oxygens (including phenoxy) is 1. The lowest BCUT2D eigenvalue weighted by atomic mass is 9.96. The number of amides is 4. The SMILES string of the molecule is COC(=O)NC(C(=O)N1CCC[C@H]1c1ncc(-c2ccc3nc(-c4ccc(-c5cnc([C@@H]6CCCN6C(=O)[C@H](C(C)C)N(C)C(=O)O)[nH]5)cc4)cnc3c2)[nH]1)C1CCCC1. The summed E-state index contributed by atoms with van der Waals surface area (Å²) in [4.78, 5) is 82.2. The molecule has 2 saturated heterocycles. The topological polar surface area (TPSA) is 203 Å². The van der Waals surface area contributed by atoms with E-state index in [2.05, 4.69) is 20.3 Å². The van der Waals surface area contributed by atoms with Gasteiger partial charge in [-0.3, -0.25) is 19.5 Å². The second-order valence-electron chi connectivity index (χ2n) is 16.5. The lowest BCUT2D eigenvalue weighted by Crippen LogP contribution is -2.51. The summed E-state index contributed by atoms with van der Waals surface area (Å²) in [5.41, 5.74) is 6.55. The standard InChI is InChI=1S/C44H52N10O6/c1-25(2)38(52(3)44(58)59)42(56)54-20-8-12-36(54)40-46-23-33(49-40)27-15-13-26(14-16-27)32-22-45-31-21-29(17-18-30(31)48-32)34-24-47-39(50-34)35-11-7-19-53(35)41(55)37(51-43(57)60-4)28-9-5-6-10-28/h13-18,21-25,28,35-38H,5-12,19-20H2,1-4H3,(H,46,49)(H,47,50)(H,51,57)(H,58,59)/t35-,36-,37?,38-/m0/s1. The monoisotopic (exact) mass is 816 g/mol. The van der Waals surface area contributed by atoms with Gasteiger partial charge in [-0.1, -0.05) is 57.0 Å². The Hall–Kier alpha value is -6.32. The van der Waals surface area contributed by atoms with Crippen molar-refractivity contribution in [3.8, 4) is 33.8 Å². The Bertz CT molecular complexity index is 2370. The molecule has 0 spiro atoms. The molecule has 16 heteroatoms. The Labute approximate surface area is 348 Å². The number of likely N-dealkylation sites (N-methyl/N-ethyl adjacent to an activating group) is 1. The molecule has 3 fully saturated rings. The number of rotatable bonds is 11. The number of carbonyl (C=O) groups is 4. The summed E-state index contributed by atoms with van der Waals surface area (Å²) in [6, 6.07) is 12.0. The number of nitrogens with zero attached hydrogens (tertiary/aromatic N) is 7. The van der Waals surface area contributed by atoms with Gasteiger partial charge in [-0.05, 0) is 68.1 Å². The lowest BCUT2D eigenvalue weighted by Gasteiger charge is -2.33. The summed E-state index contributed by atoms with van der Waals surface area (Å²) in [6.45, 7) is 4.87. The third-order valence-electron chi connectivity index (χ3n) is 12.4. The van der Waals surface area contributed by atoms with E-state index in [0.717, 1.165) is 101 Å². The maximum absolute atomic E-state index is 13.9. The molecule has 16 nitrogen and oxygen atoms in total. The first-order chi connectivity index (χ1) is 29.0. The smallest absolute Gasteiger partial charge is 0.407 e. The van der Waals surface area contributed by atoms with Crippen LogP contribution < -0.4 is 5.32 Å². The molecule has 2 aromatic carbocycles. The van der Waals surface area contributed by atoms with Crippen LogP contribution in [0.1, 0.15) is 88.9 Å². The zero-order valence-corrected chi connectivity index (χ0v) is 34.4. The second-order valence-corrected chi connectivity index (χ2v) is 16.5. The van der Waals surface area contributed by atoms with Gasteiger partial charge >= 0.3 is 12.2 Å². The highest BCUT2D eigenvalue weighted by Gasteiger charge is 2.41. The molecule has 1 saturated carbocycles. The Morgan fingerprint density at radius 1 is 0.767 bits per heavy atom. The van der Waals surface area contributed by atoms with Crippen LogP contribution in [0.25, 0.3) is 44.8 Å². The van der Waals surface area contributed by atoms with E-state index in [0.29, 0.717) is 24.7 Å². The van der Waals surface area contributed by atoms with Crippen LogP contribution in [-0.4, -0.2) is 113 Å². The van der Waals surface area contributed by atoms with E-state index < -0.39 is 24.3 Å². The molecule has 4 N–H and O–H groups in total. The number of carboxylic acid groups (broad SMARTS) is 1. The molecule has 4 atom stereocenters. The lowest BCUT2D eigenvalue weighted by molar-refractivity contribution is -0.138. The van der Waals surface area contributed by atoms with Crippen molar-refractivity contribution in [3.05, 3.63) is 72.7 Å². The second kappa shape index (κ2) is 17.1. The fourth-order valence-corrected chi connectivity index (χ4v) is 9.30. The summed E-state index contributed by atoms with van der Waals surface area (Å²) in [5, 5.41) is 12.4. The number of benzene rings is 2. The third kappa shape index (κ3) is 8.02. The quantitative estimate of drug-likeness (QED) is 0.108. The number of carbonyl (C=O) groups excluding carboxylic acids is 3. The predicted octanol–water partition coefficient (Wildman–Crippen LogP) is 6.95. The zero-order valence-electron chi connectivity index (χ0n) is 34.4. The van der Waals surface area contributed by atoms with Gasteiger partial charge in [0, 0.05) is 31.3 Å². The molecule has 3 aliphatic rings. The highest BCUT2D eigenvalue weighted by Crippen LogP contribution is 2.37. The highest BCUT2D eigenvalue weighted by molar-refractivity contribution is 5.87. The minimum atomic E-state index is -1.13. The van der Waals surface area contributed by atoms with E-state index in [1.54, 1.807) is 23.5 Å². The third-order valence-corrected chi connectivity index (χ3v) is 12.4. The molecular weight excluding hydrogens is 765 g/mol. The Morgan fingerprint density at radius 2 is 1.35 bits per heavy atom. The number of aromatic amines is 2. The average Bonchev–Trinajstić information content (AvgIpc) is 4.11. The predicted molar refractivity (Wildman–Crippen MR) is 223 cm³/mol. The van der Waals surface area contributed by atoms with Gasteiger partial charge in [0.15, 0.2) is 0 Å². The van der Waals surface area contributed by atoms with Gasteiger partial charge in [0.05, 0.1) is 65.9 Å². The van der Waals surface area contributed by atoms with E-state index in [-0.39, 0.29) is 35.7 Å². The van der Waals surface area contributed by atoms with E-state index in [9.17, 15) is 24.3 Å². The summed E-state index contributed by atoms with van der Waals surface area (Å²) in [6.07, 6.45) is 10.7. The van der Waals surface area contributed by atoms with Crippen LogP contribution in [0.15, 0.2) is 61.1 Å². The molecule has 4 amide bonds. The molecule has 60 heavy (non-hydrogen) atoms. The largest absolute Gasteiger partial charge is 0.465 e. The van der Waals surface area contributed by atoms with Gasteiger partial charge in [0.2, 0.25) is 11.8 Å². The van der Waals surface area contributed by atoms with Gasteiger partial charge < -0.3 is 34.9 Å². The van der Waals surface area contributed by atoms with Crippen LogP contribution in [0.3, 0.4) is 0 Å². The molecule has 5 heterocycles. The number of hydrogen-bond acceptors (Lipinski definition) is 9. The van der Waals surface area contributed by atoms with Gasteiger partial charge in [-0.2, -0.15) is 0 Å². The normalized spacial score (nSPS) is 19.2.